The number of Topliss-reactive ketones (excluding diaryl/α,β-unsaturated/α-hetero) is 1. The zero-order valence-electron chi connectivity index (χ0n) is 14.4. The number of H-pyrrole nitrogens is 1. The van der Waals surface area contributed by atoms with E-state index < -0.39 is 0 Å². The van der Waals surface area contributed by atoms with Crippen LogP contribution in [0.4, 0.5) is 0 Å². The number of hydrogen-bond donors (Lipinski definition) is 1. The molecule has 1 aromatic heterocycles. The maximum absolute atomic E-state index is 12.9. The van der Waals surface area contributed by atoms with Gasteiger partial charge in [-0.2, -0.15) is 0 Å². The molecule has 0 spiro atoms. The van der Waals surface area contributed by atoms with Crippen molar-refractivity contribution in [2.24, 2.45) is 5.92 Å². The number of benzene rings is 1. The summed E-state index contributed by atoms with van der Waals surface area (Å²) in [6.45, 7) is 7.86. The van der Waals surface area contributed by atoms with Crippen molar-refractivity contribution < 1.29 is 14.3 Å². The van der Waals surface area contributed by atoms with E-state index in [0.717, 1.165) is 29.5 Å². The van der Waals surface area contributed by atoms with Crippen molar-refractivity contribution >= 4 is 16.7 Å². The highest BCUT2D eigenvalue weighted by Gasteiger charge is 2.39. The first-order valence-corrected chi connectivity index (χ1v) is 8.40. The number of ketones is 1. The van der Waals surface area contributed by atoms with Crippen molar-refractivity contribution in [1.29, 1.82) is 0 Å². The summed E-state index contributed by atoms with van der Waals surface area (Å²) in [5, 5.41) is 0.773. The van der Waals surface area contributed by atoms with Crippen molar-refractivity contribution in [3.05, 3.63) is 33.6 Å². The van der Waals surface area contributed by atoms with Gasteiger partial charge in [-0.1, -0.05) is 6.92 Å². The van der Waals surface area contributed by atoms with Gasteiger partial charge < -0.3 is 14.5 Å². The summed E-state index contributed by atoms with van der Waals surface area (Å²) in [6.07, 6.45) is 1.44. The summed E-state index contributed by atoms with van der Waals surface area (Å²) in [5.41, 5.74) is 1.44. The van der Waals surface area contributed by atoms with Gasteiger partial charge in [0.15, 0.2) is 5.78 Å². The van der Waals surface area contributed by atoms with Crippen LogP contribution < -0.4 is 15.0 Å². The SMILES string of the molecule is C[C@H]1Oc2c3c(c4ccc(=O)[nH]c4c2C(=O)[C@@H]1C)OC(C)(C)CC3. The number of ether oxygens (including phenoxy) is 2. The van der Waals surface area contributed by atoms with Crippen molar-refractivity contribution in [3.8, 4) is 11.5 Å². The Balaban J connectivity index is 2.12. The van der Waals surface area contributed by atoms with Crippen LogP contribution in [0.1, 0.15) is 50.0 Å². The Morgan fingerprint density at radius 2 is 1.92 bits per heavy atom. The Hall–Kier alpha value is -2.30. The summed E-state index contributed by atoms with van der Waals surface area (Å²) in [4.78, 5) is 27.6. The lowest BCUT2D eigenvalue weighted by molar-refractivity contribution is 0.0693. The van der Waals surface area contributed by atoms with Crippen LogP contribution in [0.2, 0.25) is 0 Å². The second kappa shape index (κ2) is 4.85. The lowest BCUT2D eigenvalue weighted by Gasteiger charge is -2.37. The van der Waals surface area contributed by atoms with Crippen LogP contribution >= 0.6 is 0 Å². The quantitative estimate of drug-likeness (QED) is 0.806. The number of carbonyl (C=O) groups excluding carboxylic acids is 1. The zero-order valence-corrected chi connectivity index (χ0v) is 14.4. The molecule has 2 aliphatic rings. The van der Waals surface area contributed by atoms with E-state index >= 15 is 0 Å². The van der Waals surface area contributed by atoms with Crippen LogP contribution in [0.5, 0.6) is 11.5 Å². The predicted molar refractivity (Wildman–Crippen MR) is 91.2 cm³/mol. The molecule has 24 heavy (non-hydrogen) atoms. The molecule has 0 unspecified atom stereocenters. The number of rotatable bonds is 0. The Morgan fingerprint density at radius 1 is 1.17 bits per heavy atom. The fourth-order valence-electron chi connectivity index (χ4n) is 3.58. The number of hydrogen-bond acceptors (Lipinski definition) is 4. The molecule has 0 aliphatic carbocycles. The Morgan fingerprint density at radius 3 is 2.67 bits per heavy atom. The molecule has 1 aromatic carbocycles. The minimum absolute atomic E-state index is 0.0169. The minimum atomic E-state index is -0.290. The van der Waals surface area contributed by atoms with Crippen LogP contribution in [-0.2, 0) is 6.42 Å². The highest BCUT2D eigenvalue weighted by atomic mass is 16.5. The van der Waals surface area contributed by atoms with Gasteiger partial charge in [0, 0.05) is 17.0 Å². The van der Waals surface area contributed by atoms with E-state index in [4.69, 9.17) is 9.47 Å². The molecule has 126 valence electrons. The number of aromatic nitrogens is 1. The maximum Gasteiger partial charge on any atom is 0.248 e. The summed E-state index contributed by atoms with van der Waals surface area (Å²) in [5.74, 6) is 1.09. The fraction of sp³-hybridized carbons (Fsp3) is 0.474. The Bertz CT molecular complexity index is 925. The van der Waals surface area contributed by atoms with E-state index in [9.17, 15) is 9.59 Å². The third kappa shape index (κ3) is 2.07. The van der Waals surface area contributed by atoms with Crippen molar-refractivity contribution in [2.45, 2.75) is 52.2 Å². The normalized spacial score (nSPS) is 24.8. The number of carbonyl (C=O) groups is 1. The molecule has 0 amide bonds. The van der Waals surface area contributed by atoms with Gasteiger partial charge in [0.2, 0.25) is 5.56 Å². The van der Waals surface area contributed by atoms with Crippen LogP contribution in [0.3, 0.4) is 0 Å². The monoisotopic (exact) mass is 327 g/mol. The summed E-state index contributed by atoms with van der Waals surface area (Å²) < 4.78 is 12.3. The predicted octanol–water partition coefficient (Wildman–Crippen LogP) is 3.23. The highest BCUT2D eigenvalue weighted by Crippen LogP contribution is 2.48. The van der Waals surface area contributed by atoms with Crippen molar-refractivity contribution in [2.75, 3.05) is 0 Å². The van der Waals surface area contributed by atoms with E-state index in [-0.39, 0.29) is 29.0 Å². The summed E-state index contributed by atoms with van der Waals surface area (Å²) in [7, 11) is 0. The second-order valence-electron chi connectivity index (χ2n) is 7.46. The Labute approximate surface area is 140 Å². The number of nitrogens with one attached hydrogen (secondary N) is 1. The molecular formula is C19H21NO4. The van der Waals surface area contributed by atoms with E-state index in [2.05, 4.69) is 4.98 Å². The van der Waals surface area contributed by atoms with Crippen LogP contribution in [-0.4, -0.2) is 22.5 Å². The smallest absolute Gasteiger partial charge is 0.248 e. The molecule has 2 aliphatic heterocycles. The van der Waals surface area contributed by atoms with Crippen molar-refractivity contribution in [1.82, 2.24) is 4.98 Å². The van der Waals surface area contributed by atoms with Gasteiger partial charge >= 0.3 is 0 Å². The van der Waals surface area contributed by atoms with Crippen LogP contribution in [0.15, 0.2) is 16.9 Å². The first-order chi connectivity index (χ1) is 11.3. The maximum atomic E-state index is 12.9. The lowest BCUT2D eigenvalue weighted by atomic mass is 9.84. The van der Waals surface area contributed by atoms with Crippen LogP contribution in [0, 0.1) is 5.92 Å². The van der Waals surface area contributed by atoms with Gasteiger partial charge in [0.25, 0.3) is 0 Å². The molecular weight excluding hydrogens is 306 g/mol. The third-order valence-electron chi connectivity index (χ3n) is 5.21. The second-order valence-corrected chi connectivity index (χ2v) is 7.46. The number of aromatic amines is 1. The van der Waals surface area contributed by atoms with Crippen molar-refractivity contribution in [3.63, 3.8) is 0 Å². The lowest BCUT2D eigenvalue weighted by Crippen LogP contribution is -2.37. The molecule has 2 aromatic rings. The zero-order chi connectivity index (χ0) is 17.2. The molecule has 0 saturated carbocycles. The molecule has 0 saturated heterocycles. The van der Waals surface area contributed by atoms with Gasteiger partial charge in [0.05, 0.1) is 17.0 Å². The largest absolute Gasteiger partial charge is 0.489 e. The first-order valence-electron chi connectivity index (χ1n) is 8.40. The Kier molecular flexibility index (Phi) is 3.08. The van der Waals surface area contributed by atoms with E-state index in [1.807, 2.05) is 27.7 Å². The number of pyridine rings is 1. The first kappa shape index (κ1) is 15.2. The van der Waals surface area contributed by atoms with Gasteiger partial charge in [-0.25, -0.2) is 0 Å². The molecule has 0 radical (unpaired) electrons. The molecule has 2 atom stereocenters. The average molecular weight is 327 g/mol. The molecule has 4 rings (SSSR count). The van der Waals surface area contributed by atoms with Gasteiger partial charge in [-0.05, 0) is 39.7 Å². The molecule has 5 heteroatoms. The van der Waals surface area contributed by atoms with Gasteiger partial charge in [0.1, 0.15) is 23.2 Å². The minimum Gasteiger partial charge on any atom is -0.489 e. The van der Waals surface area contributed by atoms with E-state index in [1.165, 1.54) is 6.07 Å². The van der Waals surface area contributed by atoms with Gasteiger partial charge in [-0.3, -0.25) is 9.59 Å². The molecule has 3 heterocycles. The molecule has 0 fully saturated rings. The average Bonchev–Trinajstić information content (AvgIpc) is 2.51. The third-order valence-corrected chi connectivity index (χ3v) is 5.21. The number of fused-ring (bicyclic) bond motifs is 6. The standard InChI is InChI=1S/C19H21NO4/c1-9-10(2)23-18-12-7-8-19(3,4)24-17(12)11-5-6-13(21)20-15(11)14(18)16(9)22/h5-6,9-10H,7-8H2,1-4H3,(H,20,21)/t9-,10-/m1/s1. The fourth-order valence-corrected chi connectivity index (χ4v) is 3.58. The van der Waals surface area contributed by atoms with Gasteiger partial charge in [-0.15, -0.1) is 0 Å². The van der Waals surface area contributed by atoms with Crippen LogP contribution in [0.25, 0.3) is 10.9 Å². The topological polar surface area (TPSA) is 68.4 Å². The van der Waals surface area contributed by atoms with E-state index in [1.54, 1.807) is 6.07 Å². The summed E-state index contributed by atoms with van der Waals surface area (Å²) >= 11 is 0. The highest BCUT2D eigenvalue weighted by molar-refractivity contribution is 6.13. The molecule has 1 N–H and O–H groups in total. The molecule has 0 bridgehead atoms. The van der Waals surface area contributed by atoms with E-state index in [0.29, 0.717) is 16.8 Å². The summed E-state index contributed by atoms with van der Waals surface area (Å²) in [6, 6.07) is 3.21. The molecule has 5 nitrogen and oxygen atoms in total.